The van der Waals surface area contributed by atoms with Crippen molar-refractivity contribution in [1.82, 2.24) is 5.32 Å². The monoisotopic (exact) mass is 359 g/mol. The molecule has 2 aromatic carbocycles. The third kappa shape index (κ3) is 4.87. The van der Waals surface area contributed by atoms with Gasteiger partial charge in [-0.15, -0.1) is 0 Å². The molecule has 0 radical (unpaired) electrons. The highest BCUT2D eigenvalue weighted by Crippen LogP contribution is 2.20. The Kier molecular flexibility index (Phi) is 5.79. The normalized spacial score (nSPS) is 15.5. The van der Waals surface area contributed by atoms with Gasteiger partial charge in [-0.2, -0.15) is 0 Å². The maximum atomic E-state index is 12.1. The molecule has 1 unspecified atom stereocenters. The molecule has 1 atom stereocenters. The number of carbonyl (C=O) groups is 1. The summed E-state index contributed by atoms with van der Waals surface area (Å²) in [5.74, 6) is 0. The lowest BCUT2D eigenvalue weighted by atomic mass is 10.1. The van der Waals surface area contributed by atoms with Crippen LogP contribution in [0.4, 0.5) is 16.2 Å². The minimum atomic E-state index is -0.257. The number of rotatable bonds is 4. The van der Waals surface area contributed by atoms with Gasteiger partial charge >= 0.3 is 6.03 Å². The smallest absolute Gasteiger partial charge is 0.319 e. The molecular weight excluding hydrogens is 338 g/mol. The molecule has 2 N–H and O–H groups in total. The zero-order valence-corrected chi connectivity index (χ0v) is 14.9. The Labute approximate surface area is 152 Å². The molecule has 2 aromatic rings. The van der Waals surface area contributed by atoms with Gasteiger partial charge in [0.05, 0.1) is 19.3 Å². The van der Waals surface area contributed by atoms with Gasteiger partial charge in [0.25, 0.3) is 0 Å². The van der Waals surface area contributed by atoms with Crippen molar-refractivity contribution in [3.8, 4) is 0 Å². The van der Waals surface area contributed by atoms with E-state index in [0.29, 0.717) is 10.7 Å². The number of hydrogen-bond acceptors (Lipinski definition) is 3. The number of urea groups is 1. The van der Waals surface area contributed by atoms with E-state index in [1.807, 2.05) is 6.92 Å². The molecule has 2 amide bonds. The molecule has 1 fully saturated rings. The van der Waals surface area contributed by atoms with Gasteiger partial charge in [-0.1, -0.05) is 29.8 Å². The second-order valence-electron chi connectivity index (χ2n) is 6.02. The molecule has 5 nitrogen and oxygen atoms in total. The van der Waals surface area contributed by atoms with Gasteiger partial charge in [-0.25, -0.2) is 4.79 Å². The largest absolute Gasteiger partial charge is 0.378 e. The summed E-state index contributed by atoms with van der Waals surface area (Å²) in [6, 6.07) is 15.0. The topological polar surface area (TPSA) is 53.6 Å². The van der Waals surface area contributed by atoms with Gasteiger partial charge in [-0.05, 0) is 42.8 Å². The van der Waals surface area contributed by atoms with Crippen LogP contribution in [0.2, 0.25) is 5.02 Å². The molecule has 0 bridgehead atoms. The third-order valence-corrected chi connectivity index (χ3v) is 4.43. The van der Waals surface area contributed by atoms with Gasteiger partial charge in [-0.3, -0.25) is 0 Å². The first-order valence-corrected chi connectivity index (χ1v) is 8.75. The summed E-state index contributed by atoms with van der Waals surface area (Å²) in [6.07, 6.45) is 0. The van der Waals surface area contributed by atoms with E-state index in [9.17, 15) is 4.79 Å². The number of ether oxygens (including phenoxy) is 1. The van der Waals surface area contributed by atoms with Gasteiger partial charge in [0.1, 0.15) is 0 Å². The van der Waals surface area contributed by atoms with Crippen LogP contribution in [0.3, 0.4) is 0 Å². The first-order valence-electron chi connectivity index (χ1n) is 8.37. The highest BCUT2D eigenvalue weighted by Gasteiger charge is 2.13. The van der Waals surface area contributed by atoms with E-state index < -0.39 is 0 Å². The van der Waals surface area contributed by atoms with E-state index in [0.717, 1.165) is 31.9 Å². The van der Waals surface area contributed by atoms with Gasteiger partial charge in [0.2, 0.25) is 0 Å². The first kappa shape index (κ1) is 17.6. The van der Waals surface area contributed by atoms with Gasteiger partial charge in [0, 0.05) is 29.5 Å². The average molecular weight is 360 g/mol. The van der Waals surface area contributed by atoms with Crippen LogP contribution in [0.15, 0.2) is 48.5 Å². The Balaban J connectivity index is 1.57. The Morgan fingerprint density at radius 1 is 1.16 bits per heavy atom. The minimum absolute atomic E-state index is 0.0991. The van der Waals surface area contributed by atoms with E-state index >= 15 is 0 Å². The van der Waals surface area contributed by atoms with E-state index in [4.69, 9.17) is 16.3 Å². The summed E-state index contributed by atoms with van der Waals surface area (Å²) in [5.41, 5.74) is 2.90. The van der Waals surface area contributed by atoms with Crippen molar-refractivity contribution in [2.75, 3.05) is 36.5 Å². The maximum absolute atomic E-state index is 12.1. The number of benzene rings is 2. The van der Waals surface area contributed by atoms with Crippen molar-refractivity contribution in [2.45, 2.75) is 13.0 Å². The fourth-order valence-corrected chi connectivity index (χ4v) is 3.00. The summed E-state index contributed by atoms with van der Waals surface area (Å²) < 4.78 is 5.38. The summed E-state index contributed by atoms with van der Waals surface area (Å²) in [5, 5.41) is 6.31. The van der Waals surface area contributed by atoms with Gasteiger partial charge in [0.15, 0.2) is 0 Å². The van der Waals surface area contributed by atoms with Crippen LogP contribution in [0.25, 0.3) is 0 Å². The van der Waals surface area contributed by atoms with Crippen LogP contribution in [0, 0.1) is 0 Å². The minimum Gasteiger partial charge on any atom is -0.378 e. The summed E-state index contributed by atoms with van der Waals surface area (Å²) >= 11 is 5.93. The summed E-state index contributed by atoms with van der Waals surface area (Å²) in [7, 11) is 0. The number of anilines is 2. The number of hydrogen-bond donors (Lipinski definition) is 2. The lowest BCUT2D eigenvalue weighted by Crippen LogP contribution is -2.36. The van der Waals surface area contributed by atoms with E-state index in [1.54, 1.807) is 24.3 Å². The molecule has 1 aliphatic rings. The predicted octanol–water partition coefficient (Wildman–Crippen LogP) is 4.06. The molecule has 1 saturated heterocycles. The Hall–Kier alpha value is -2.24. The maximum Gasteiger partial charge on any atom is 0.319 e. The molecule has 1 heterocycles. The van der Waals surface area contributed by atoms with E-state index in [1.165, 1.54) is 5.69 Å². The van der Waals surface area contributed by atoms with Crippen molar-refractivity contribution >= 4 is 29.0 Å². The molecule has 1 aliphatic heterocycles. The summed E-state index contributed by atoms with van der Waals surface area (Å²) in [4.78, 5) is 14.4. The Bertz CT molecular complexity index is 715. The van der Waals surface area contributed by atoms with Crippen molar-refractivity contribution < 1.29 is 9.53 Å². The molecule has 25 heavy (non-hydrogen) atoms. The fraction of sp³-hybridized carbons (Fsp3) is 0.316. The second-order valence-corrected chi connectivity index (χ2v) is 6.46. The van der Waals surface area contributed by atoms with Crippen molar-refractivity contribution in [1.29, 1.82) is 0 Å². The molecular formula is C19H22ClN3O2. The number of nitrogens with zero attached hydrogens (tertiary/aromatic N) is 1. The number of nitrogens with one attached hydrogen (secondary N) is 2. The predicted molar refractivity (Wildman–Crippen MR) is 101 cm³/mol. The third-order valence-electron chi connectivity index (χ3n) is 4.20. The number of morpholine rings is 1. The Morgan fingerprint density at radius 2 is 1.88 bits per heavy atom. The molecule has 3 rings (SSSR count). The van der Waals surface area contributed by atoms with Crippen LogP contribution in [-0.2, 0) is 4.74 Å². The highest BCUT2D eigenvalue weighted by atomic mass is 35.5. The zero-order chi connectivity index (χ0) is 17.6. The SMILES string of the molecule is CC(NC(=O)Nc1cccc(Cl)c1)c1ccc(N2CCOCC2)cc1. The van der Waals surface area contributed by atoms with Gasteiger partial charge < -0.3 is 20.3 Å². The average Bonchev–Trinajstić information content (AvgIpc) is 2.62. The van der Waals surface area contributed by atoms with E-state index in [-0.39, 0.29) is 12.1 Å². The lowest BCUT2D eigenvalue weighted by molar-refractivity contribution is 0.122. The van der Waals surface area contributed by atoms with Crippen LogP contribution in [0.1, 0.15) is 18.5 Å². The number of amides is 2. The summed E-state index contributed by atoms with van der Waals surface area (Å²) in [6.45, 7) is 5.32. The lowest BCUT2D eigenvalue weighted by Gasteiger charge is -2.29. The first-order chi connectivity index (χ1) is 12.1. The molecule has 0 aliphatic carbocycles. The Morgan fingerprint density at radius 3 is 2.56 bits per heavy atom. The van der Waals surface area contributed by atoms with Crippen LogP contribution >= 0.6 is 11.6 Å². The second kappa shape index (κ2) is 8.23. The molecule has 0 saturated carbocycles. The van der Waals surface area contributed by atoms with Crippen molar-refractivity contribution in [3.05, 3.63) is 59.1 Å². The number of halogens is 1. The van der Waals surface area contributed by atoms with E-state index in [2.05, 4.69) is 39.8 Å². The highest BCUT2D eigenvalue weighted by molar-refractivity contribution is 6.30. The van der Waals surface area contributed by atoms with Crippen LogP contribution in [0.5, 0.6) is 0 Å². The van der Waals surface area contributed by atoms with Crippen LogP contribution in [-0.4, -0.2) is 32.3 Å². The zero-order valence-electron chi connectivity index (χ0n) is 14.2. The molecule has 6 heteroatoms. The quantitative estimate of drug-likeness (QED) is 0.865. The van der Waals surface area contributed by atoms with Crippen molar-refractivity contribution in [2.24, 2.45) is 0 Å². The molecule has 0 spiro atoms. The molecule has 0 aromatic heterocycles. The molecule has 132 valence electrons. The number of carbonyl (C=O) groups excluding carboxylic acids is 1. The van der Waals surface area contributed by atoms with Crippen molar-refractivity contribution in [3.63, 3.8) is 0 Å². The van der Waals surface area contributed by atoms with Crippen LogP contribution < -0.4 is 15.5 Å². The fourth-order valence-electron chi connectivity index (χ4n) is 2.81. The standard InChI is InChI=1S/C19H22ClN3O2/c1-14(21-19(24)22-17-4-2-3-16(20)13-17)15-5-7-18(8-6-15)23-9-11-25-12-10-23/h2-8,13-14H,9-12H2,1H3,(H2,21,22,24).